The maximum atomic E-state index is 13.0. The van der Waals surface area contributed by atoms with Crippen LogP contribution in [0.5, 0.6) is 0 Å². The molecule has 1 aromatic rings. The molecule has 0 heterocycles. The first-order chi connectivity index (χ1) is 8.05. The van der Waals surface area contributed by atoms with Crippen molar-refractivity contribution in [2.24, 2.45) is 0 Å². The Morgan fingerprint density at radius 2 is 1.89 bits per heavy atom. The molecule has 0 aromatic heterocycles. The van der Waals surface area contributed by atoms with E-state index in [9.17, 15) is 26.0 Å². The van der Waals surface area contributed by atoms with E-state index >= 15 is 0 Å². The minimum absolute atomic E-state index is 0.0466. The monoisotopic (exact) mass is 348 g/mol. The first-order valence-electron chi connectivity index (χ1n) is 4.79. The zero-order valence-electron chi connectivity index (χ0n) is 9.13. The summed E-state index contributed by atoms with van der Waals surface area (Å²) in [5.74, 6) is -1.02. The van der Waals surface area contributed by atoms with Gasteiger partial charge in [0.1, 0.15) is 5.82 Å². The van der Waals surface area contributed by atoms with Gasteiger partial charge in [-0.05, 0) is 24.1 Å². The van der Waals surface area contributed by atoms with Gasteiger partial charge in [0.25, 0.3) is 9.84 Å². The van der Waals surface area contributed by atoms with Gasteiger partial charge in [-0.2, -0.15) is 13.2 Å². The van der Waals surface area contributed by atoms with Crippen molar-refractivity contribution < 1.29 is 26.0 Å². The Bertz CT molecular complexity index is 537. The normalized spacial score (nSPS) is 14.6. The van der Waals surface area contributed by atoms with Gasteiger partial charge in [-0.1, -0.05) is 28.9 Å². The molecule has 0 spiro atoms. The molecule has 1 unspecified atom stereocenters. The van der Waals surface area contributed by atoms with Crippen LogP contribution in [0.15, 0.2) is 23.1 Å². The maximum Gasteiger partial charge on any atom is 0.501 e. The predicted octanol–water partition coefficient (Wildman–Crippen LogP) is 3.45. The van der Waals surface area contributed by atoms with E-state index in [4.69, 9.17) is 0 Å². The second-order valence-electron chi connectivity index (χ2n) is 3.69. The third kappa shape index (κ3) is 3.23. The number of benzene rings is 1. The Kier molecular flexibility index (Phi) is 4.42. The number of alkyl halides is 4. The van der Waals surface area contributed by atoms with E-state index < -0.39 is 26.1 Å². The number of sulfone groups is 1. The highest BCUT2D eigenvalue weighted by Crippen LogP contribution is 2.33. The van der Waals surface area contributed by atoms with Crippen molar-refractivity contribution >= 4 is 25.8 Å². The molecule has 0 aliphatic heterocycles. The van der Waals surface area contributed by atoms with Crippen molar-refractivity contribution in [3.05, 3.63) is 29.6 Å². The largest absolute Gasteiger partial charge is 0.501 e. The van der Waals surface area contributed by atoms with Crippen LogP contribution in [0.3, 0.4) is 0 Å². The summed E-state index contributed by atoms with van der Waals surface area (Å²) in [6, 6.07) is 2.37. The fourth-order valence-electron chi connectivity index (χ4n) is 1.37. The Morgan fingerprint density at radius 1 is 1.33 bits per heavy atom. The molecule has 0 aliphatic carbocycles. The van der Waals surface area contributed by atoms with Gasteiger partial charge in [0.15, 0.2) is 0 Å². The highest BCUT2D eigenvalue weighted by molar-refractivity contribution is 9.09. The number of halogens is 5. The molecule has 0 bridgehead atoms. The first-order valence-corrected chi connectivity index (χ1v) is 7.19. The Balaban J connectivity index is 3.43. The summed E-state index contributed by atoms with van der Waals surface area (Å²) in [6.45, 7) is 1.65. The lowest BCUT2D eigenvalue weighted by atomic mass is 10.1. The average Bonchev–Trinajstić information content (AvgIpc) is 2.18. The van der Waals surface area contributed by atoms with Crippen molar-refractivity contribution in [1.82, 2.24) is 0 Å². The standard InChI is InChI=1S/C10H9BrF4O2S/c1-6(11)4-7-2-3-8(12)5-9(7)18(16,17)10(13,14)15/h2-3,5-6H,4H2,1H3. The molecule has 0 amide bonds. The highest BCUT2D eigenvalue weighted by atomic mass is 79.9. The SMILES string of the molecule is CC(Br)Cc1ccc(F)cc1S(=O)(=O)C(F)(F)F. The van der Waals surface area contributed by atoms with Crippen molar-refractivity contribution in [2.75, 3.05) is 0 Å². The molecule has 8 heteroatoms. The number of rotatable bonds is 3. The lowest BCUT2D eigenvalue weighted by Crippen LogP contribution is -2.25. The van der Waals surface area contributed by atoms with Crippen molar-refractivity contribution in [2.45, 2.75) is 28.6 Å². The quantitative estimate of drug-likeness (QED) is 0.619. The number of hydrogen-bond donors (Lipinski definition) is 0. The second kappa shape index (κ2) is 5.16. The summed E-state index contributed by atoms with van der Waals surface area (Å²) in [7, 11) is -5.54. The van der Waals surface area contributed by atoms with E-state index in [1.807, 2.05) is 0 Å². The molecular formula is C10H9BrF4O2S. The van der Waals surface area contributed by atoms with Crippen LogP contribution in [-0.2, 0) is 16.3 Å². The molecule has 0 aliphatic rings. The van der Waals surface area contributed by atoms with Crippen LogP contribution in [0.4, 0.5) is 17.6 Å². The van der Waals surface area contributed by atoms with Gasteiger partial charge >= 0.3 is 5.51 Å². The second-order valence-corrected chi connectivity index (χ2v) is 7.16. The third-order valence-corrected chi connectivity index (χ3v) is 4.02. The minimum Gasteiger partial charge on any atom is -0.214 e. The van der Waals surface area contributed by atoms with Gasteiger partial charge in [-0.15, -0.1) is 0 Å². The summed E-state index contributed by atoms with van der Waals surface area (Å²) in [5.41, 5.74) is -5.51. The molecule has 1 atom stereocenters. The average molecular weight is 349 g/mol. The molecule has 0 saturated carbocycles. The summed E-state index contributed by atoms with van der Waals surface area (Å²) in [4.78, 5) is -1.26. The Hall–Kier alpha value is -0.630. The van der Waals surface area contributed by atoms with Crippen molar-refractivity contribution in [3.63, 3.8) is 0 Å². The summed E-state index contributed by atoms with van der Waals surface area (Å²) < 4.78 is 72.9. The zero-order valence-corrected chi connectivity index (χ0v) is 11.5. The topological polar surface area (TPSA) is 34.1 Å². The summed E-state index contributed by atoms with van der Waals surface area (Å²) in [6.07, 6.45) is 0.0466. The number of hydrogen-bond acceptors (Lipinski definition) is 2. The first kappa shape index (κ1) is 15.4. The molecule has 102 valence electrons. The van der Waals surface area contributed by atoms with Gasteiger partial charge < -0.3 is 0 Å². The fourth-order valence-corrected chi connectivity index (χ4v) is 2.74. The van der Waals surface area contributed by atoms with E-state index in [0.717, 1.165) is 12.1 Å². The molecule has 18 heavy (non-hydrogen) atoms. The van der Waals surface area contributed by atoms with Crippen LogP contribution in [-0.4, -0.2) is 18.8 Å². The molecule has 1 aromatic carbocycles. The maximum absolute atomic E-state index is 13.0. The van der Waals surface area contributed by atoms with E-state index in [1.54, 1.807) is 6.92 Å². The van der Waals surface area contributed by atoms with E-state index in [-0.39, 0.29) is 16.8 Å². The van der Waals surface area contributed by atoms with Gasteiger partial charge in [-0.3, -0.25) is 0 Å². The fraction of sp³-hybridized carbons (Fsp3) is 0.400. The van der Waals surface area contributed by atoms with Crippen molar-refractivity contribution in [3.8, 4) is 0 Å². The lowest BCUT2D eigenvalue weighted by Gasteiger charge is -2.13. The Morgan fingerprint density at radius 3 is 2.33 bits per heavy atom. The van der Waals surface area contributed by atoms with Crippen LogP contribution in [0.25, 0.3) is 0 Å². The van der Waals surface area contributed by atoms with Crippen LogP contribution in [0, 0.1) is 5.82 Å². The summed E-state index contributed by atoms with van der Waals surface area (Å²) >= 11 is 3.11. The molecule has 2 nitrogen and oxygen atoms in total. The van der Waals surface area contributed by atoms with Crippen LogP contribution < -0.4 is 0 Å². The molecule has 0 fully saturated rings. The van der Waals surface area contributed by atoms with Crippen LogP contribution >= 0.6 is 15.9 Å². The molecule has 0 radical (unpaired) electrons. The van der Waals surface area contributed by atoms with Gasteiger partial charge in [0.05, 0.1) is 4.90 Å². The smallest absolute Gasteiger partial charge is 0.214 e. The zero-order chi connectivity index (χ0) is 14.1. The van der Waals surface area contributed by atoms with E-state index in [2.05, 4.69) is 15.9 Å². The van der Waals surface area contributed by atoms with Gasteiger partial charge in [-0.25, -0.2) is 12.8 Å². The molecule has 1 rings (SSSR count). The van der Waals surface area contributed by atoms with Crippen LogP contribution in [0.1, 0.15) is 12.5 Å². The van der Waals surface area contributed by atoms with Crippen molar-refractivity contribution in [1.29, 1.82) is 0 Å². The predicted molar refractivity (Wildman–Crippen MR) is 61.7 cm³/mol. The van der Waals surface area contributed by atoms with E-state index in [1.165, 1.54) is 0 Å². The van der Waals surface area contributed by atoms with E-state index in [0.29, 0.717) is 6.07 Å². The summed E-state index contributed by atoms with van der Waals surface area (Å²) in [5, 5.41) is 0. The van der Waals surface area contributed by atoms with Crippen LogP contribution in [0.2, 0.25) is 0 Å². The molecule has 0 N–H and O–H groups in total. The Labute approximate surface area is 110 Å². The third-order valence-electron chi connectivity index (χ3n) is 2.12. The lowest BCUT2D eigenvalue weighted by molar-refractivity contribution is -0.0436. The molecule has 0 saturated heterocycles. The molecular weight excluding hydrogens is 340 g/mol. The van der Waals surface area contributed by atoms with Gasteiger partial charge in [0.2, 0.25) is 0 Å². The minimum atomic E-state index is -5.54. The van der Waals surface area contributed by atoms with Gasteiger partial charge in [0, 0.05) is 4.83 Å². The highest BCUT2D eigenvalue weighted by Gasteiger charge is 2.48.